The molecule has 13 heavy (non-hydrogen) atoms. The van der Waals surface area contributed by atoms with Gasteiger partial charge in [0, 0.05) is 18.7 Å². The second-order valence-electron chi connectivity index (χ2n) is 3.09. The van der Waals surface area contributed by atoms with E-state index in [0.717, 1.165) is 6.54 Å². The zero-order valence-corrected chi connectivity index (χ0v) is 7.29. The molecule has 70 valence electrons. The molecule has 1 aromatic rings. The lowest BCUT2D eigenvalue weighted by Crippen LogP contribution is -2.33. The van der Waals surface area contributed by atoms with E-state index in [9.17, 15) is 4.39 Å². The Morgan fingerprint density at radius 3 is 2.92 bits per heavy atom. The molecule has 2 nitrogen and oxygen atoms in total. The van der Waals surface area contributed by atoms with Crippen molar-refractivity contribution in [3.63, 3.8) is 0 Å². The van der Waals surface area contributed by atoms with E-state index in [4.69, 9.17) is 4.74 Å². The van der Waals surface area contributed by atoms with Gasteiger partial charge in [0.15, 0.2) is 0 Å². The largest absolute Gasteiger partial charge is 0.371 e. The highest BCUT2D eigenvalue weighted by molar-refractivity contribution is 5.20. The van der Waals surface area contributed by atoms with Crippen LogP contribution in [0.15, 0.2) is 24.3 Å². The fourth-order valence-electron chi connectivity index (χ4n) is 1.50. The van der Waals surface area contributed by atoms with Crippen molar-refractivity contribution in [3.8, 4) is 0 Å². The van der Waals surface area contributed by atoms with Crippen LogP contribution in [0.3, 0.4) is 0 Å². The Labute approximate surface area is 76.7 Å². The number of morpholine rings is 1. The van der Waals surface area contributed by atoms with Crippen molar-refractivity contribution >= 4 is 0 Å². The van der Waals surface area contributed by atoms with Crippen LogP contribution < -0.4 is 5.32 Å². The van der Waals surface area contributed by atoms with E-state index < -0.39 is 0 Å². The summed E-state index contributed by atoms with van der Waals surface area (Å²) in [5.41, 5.74) is 0.648. The highest BCUT2D eigenvalue weighted by Crippen LogP contribution is 2.20. The van der Waals surface area contributed by atoms with Gasteiger partial charge in [-0.3, -0.25) is 0 Å². The lowest BCUT2D eigenvalue weighted by Gasteiger charge is -2.24. The lowest BCUT2D eigenvalue weighted by atomic mass is 10.1. The molecule has 0 aliphatic carbocycles. The Morgan fingerprint density at radius 2 is 2.23 bits per heavy atom. The smallest absolute Gasteiger partial charge is 0.129 e. The van der Waals surface area contributed by atoms with Crippen molar-refractivity contribution in [2.75, 3.05) is 19.7 Å². The Bertz CT molecular complexity index is 284. The van der Waals surface area contributed by atoms with Crippen LogP contribution >= 0.6 is 0 Å². The van der Waals surface area contributed by atoms with Gasteiger partial charge in [0.2, 0.25) is 0 Å². The average molecular weight is 181 g/mol. The van der Waals surface area contributed by atoms with E-state index in [1.54, 1.807) is 12.1 Å². The number of rotatable bonds is 1. The van der Waals surface area contributed by atoms with E-state index in [2.05, 4.69) is 5.32 Å². The molecular formula is C10H12FNO. The van der Waals surface area contributed by atoms with Crippen molar-refractivity contribution in [1.29, 1.82) is 0 Å². The molecule has 1 aliphatic heterocycles. The predicted octanol–water partition coefficient (Wildman–Crippen LogP) is 1.49. The molecule has 3 heteroatoms. The van der Waals surface area contributed by atoms with Crippen LogP contribution in [0.1, 0.15) is 11.7 Å². The van der Waals surface area contributed by atoms with Crippen LogP contribution in [0.5, 0.6) is 0 Å². The minimum Gasteiger partial charge on any atom is -0.371 e. The molecule has 0 bridgehead atoms. The maximum Gasteiger partial charge on any atom is 0.129 e. The second kappa shape index (κ2) is 3.85. The van der Waals surface area contributed by atoms with Crippen molar-refractivity contribution in [2.45, 2.75) is 6.10 Å². The summed E-state index contributed by atoms with van der Waals surface area (Å²) in [6.07, 6.45) is -0.130. The molecule has 1 unspecified atom stereocenters. The Morgan fingerprint density at radius 1 is 1.38 bits per heavy atom. The normalized spacial score (nSPS) is 23.0. The fraction of sp³-hybridized carbons (Fsp3) is 0.400. The van der Waals surface area contributed by atoms with Gasteiger partial charge >= 0.3 is 0 Å². The summed E-state index contributed by atoms with van der Waals surface area (Å²) in [6, 6.07) is 6.76. The molecule has 1 atom stereocenters. The molecule has 1 saturated heterocycles. The molecule has 0 amide bonds. The number of hydrogen-bond acceptors (Lipinski definition) is 2. The van der Waals surface area contributed by atoms with Crippen LogP contribution in [0.25, 0.3) is 0 Å². The van der Waals surface area contributed by atoms with Gasteiger partial charge in [0.05, 0.1) is 12.7 Å². The summed E-state index contributed by atoms with van der Waals surface area (Å²) < 4.78 is 18.7. The van der Waals surface area contributed by atoms with E-state index in [-0.39, 0.29) is 11.9 Å². The molecule has 1 N–H and O–H groups in total. The monoisotopic (exact) mass is 181 g/mol. The summed E-state index contributed by atoms with van der Waals surface area (Å²) in [5.74, 6) is -0.184. The highest BCUT2D eigenvalue weighted by Gasteiger charge is 2.18. The Balaban J connectivity index is 2.18. The summed E-state index contributed by atoms with van der Waals surface area (Å²) in [7, 11) is 0. The zero-order valence-electron chi connectivity index (χ0n) is 7.29. The topological polar surface area (TPSA) is 21.3 Å². The van der Waals surface area contributed by atoms with Gasteiger partial charge in [0.1, 0.15) is 5.82 Å². The summed E-state index contributed by atoms with van der Waals surface area (Å²) in [4.78, 5) is 0. The van der Waals surface area contributed by atoms with Crippen LogP contribution in [-0.4, -0.2) is 19.7 Å². The van der Waals surface area contributed by atoms with Gasteiger partial charge in [-0.2, -0.15) is 0 Å². The Kier molecular flexibility index (Phi) is 2.57. The molecule has 1 aromatic carbocycles. The van der Waals surface area contributed by atoms with Crippen molar-refractivity contribution in [2.24, 2.45) is 0 Å². The van der Waals surface area contributed by atoms with Gasteiger partial charge in [-0.1, -0.05) is 18.2 Å². The van der Waals surface area contributed by atoms with Gasteiger partial charge in [-0.25, -0.2) is 4.39 Å². The summed E-state index contributed by atoms with van der Waals surface area (Å²) >= 11 is 0. The molecule has 2 rings (SSSR count). The third-order valence-corrected chi connectivity index (χ3v) is 2.18. The average Bonchev–Trinajstić information content (AvgIpc) is 2.20. The minimum atomic E-state index is -0.184. The first-order valence-electron chi connectivity index (χ1n) is 4.44. The van der Waals surface area contributed by atoms with E-state index >= 15 is 0 Å². The second-order valence-corrected chi connectivity index (χ2v) is 3.09. The van der Waals surface area contributed by atoms with Crippen LogP contribution in [0, 0.1) is 5.82 Å². The number of hydrogen-bond donors (Lipinski definition) is 1. The molecule has 0 saturated carbocycles. The zero-order chi connectivity index (χ0) is 9.10. The van der Waals surface area contributed by atoms with Crippen molar-refractivity contribution in [1.82, 2.24) is 5.32 Å². The van der Waals surface area contributed by atoms with Crippen molar-refractivity contribution < 1.29 is 9.13 Å². The van der Waals surface area contributed by atoms with Crippen molar-refractivity contribution in [3.05, 3.63) is 35.6 Å². The third kappa shape index (κ3) is 1.87. The SMILES string of the molecule is Fc1ccccc1C1CNCCO1. The summed E-state index contributed by atoms with van der Waals surface area (Å²) in [6.45, 7) is 2.20. The van der Waals surface area contributed by atoms with Gasteiger partial charge < -0.3 is 10.1 Å². The molecular weight excluding hydrogens is 169 g/mol. The molecule has 1 fully saturated rings. The van der Waals surface area contributed by atoms with Gasteiger partial charge in [-0.05, 0) is 6.07 Å². The number of benzene rings is 1. The van der Waals surface area contributed by atoms with E-state index in [1.807, 2.05) is 6.07 Å². The van der Waals surface area contributed by atoms with Crippen LogP contribution in [0.2, 0.25) is 0 Å². The molecule has 0 aromatic heterocycles. The molecule has 1 heterocycles. The first-order chi connectivity index (χ1) is 6.38. The van der Waals surface area contributed by atoms with E-state index in [1.165, 1.54) is 6.07 Å². The molecule has 0 spiro atoms. The number of ether oxygens (including phenoxy) is 1. The van der Waals surface area contributed by atoms with Crippen LogP contribution in [0.4, 0.5) is 4.39 Å². The fourth-order valence-corrected chi connectivity index (χ4v) is 1.50. The molecule has 1 aliphatic rings. The maximum atomic E-state index is 13.3. The lowest BCUT2D eigenvalue weighted by molar-refractivity contribution is 0.0255. The standard InChI is InChI=1S/C10H12FNO/c11-9-4-2-1-3-8(9)10-7-12-5-6-13-10/h1-4,10,12H,5-7H2. The highest BCUT2D eigenvalue weighted by atomic mass is 19.1. The number of nitrogens with one attached hydrogen (secondary N) is 1. The van der Waals surface area contributed by atoms with Gasteiger partial charge in [-0.15, -0.1) is 0 Å². The first kappa shape index (κ1) is 8.66. The molecule has 0 radical (unpaired) electrons. The first-order valence-corrected chi connectivity index (χ1v) is 4.44. The Hall–Kier alpha value is -0.930. The van der Waals surface area contributed by atoms with E-state index in [0.29, 0.717) is 18.7 Å². The van der Waals surface area contributed by atoms with Crippen LogP contribution in [-0.2, 0) is 4.74 Å². The maximum absolute atomic E-state index is 13.3. The number of halogens is 1. The third-order valence-electron chi connectivity index (χ3n) is 2.18. The van der Waals surface area contributed by atoms with Gasteiger partial charge in [0.25, 0.3) is 0 Å². The predicted molar refractivity (Wildman–Crippen MR) is 48.0 cm³/mol. The quantitative estimate of drug-likeness (QED) is 0.708. The summed E-state index contributed by atoms with van der Waals surface area (Å²) in [5, 5.41) is 3.17. The minimum absolute atomic E-state index is 0.130.